The highest BCUT2D eigenvalue weighted by molar-refractivity contribution is 6.32. The third kappa shape index (κ3) is 3.51. The van der Waals surface area contributed by atoms with E-state index in [9.17, 15) is 4.79 Å². The zero-order chi connectivity index (χ0) is 16.4. The van der Waals surface area contributed by atoms with Crippen LogP contribution in [0.15, 0.2) is 30.5 Å². The third-order valence-corrected chi connectivity index (χ3v) is 3.90. The lowest BCUT2D eigenvalue weighted by atomic mass is 10.1. The Kier molecular flexibility index (Phi) is 4.59. The van der Waals surface area contributed by atoms with Crippen molar-refractivity contribution < 1.29 is 14.3 Å². The molecule has 1 aromatic carbocycles. The Balaban J connectivity index is 1.79. The molecule has 0 aliphatic carbocycles. The second-order valence-corrected chi connectivity index (χ2v) is 5.93. The molecule has 1 aromatic heterocycles. The normalized spacial score (nSPS) is 12.8. The summed E-state index contributed by atoms with van der Waals surface area (Å²) >= 11 is 11.9. The van der Waals surface area contributed by atoms with E-state index in [0.29, 0.717) is 47.0 Å². The molecule has 0 unspecified atom stereocenters. The second kappa shape index (κ2) is 6.64. The molecule has 5 nitrogen and oxygen atoms in total. The first-order chi connectivity index (χ1) is 11.0. The summed E-state index contributed by atoms with van der Waals surface area (Å²) in [4.78, 5) is 18.2. The Morgan fingerprint density at radius 1 is 1.26 bits per heavy atom. The fourth-order valence-corrected chi connectivity index (χ4v) is 2.68. The molecule has 0 bridgehead atoms. The number of amides is 1. The van der Waals surface area contributed by atoms with E-state index in [1.54, 1.807) is 36.3 Å². The minimum atomic E-state index is -0.168. The molecule has 0 radical (unpaired) electrons. The fourth-order valence-electron chi connectivity index (χ4n) is 2.30. The van der Waals surface area contributed by atoms with Crippen molar-refractivity contribution in [3.63, 3.8) is 0 Å². The molecule has 2 aromatic rings. The topological polar surface area (TPSA) is 51.7 Å². The predicted molar refractivity (Wildman–Crippen MR) is 87.5 cm³/mol. The van der Waals surface area contributed by atoms with E-state index in [1.165, 1.54) is 0 Å². The Bertz CT molecular complexity index is 735. The SMILES string of the molecule is CN(Cc1ccc(Cl)nc1)C(=O)c1cc(Cl)c2c(c1)OCCO2. The molecular formula is C16H14Cl2N2O3. The van der Waals surface area contributed by atoms with E-state index < -0.39 is 0 Å². The van der Waals surface area contributed by atoms with Crippen LogP contribution in [0.4, 0.5) is 0 Å². The highest BCUT2D eigenvalue weighted by atomic mass is 35.5. The van der Waals surface area contributed by atoms with Gasteiger partial charge >= 0.3 is 0 Å². The van der Waals surface area contributed by atoms with Crippen LogP contribution in [0.2, 0.25) is 10.2 Å². The van der Waals surface area contributed by atoms with Crippen molar-refractivity contribution in [1.82, 2.24) is 9.88 Å². The number of hydrogen-bond acceptors (Lipinski definition) is 4. The average Bonchev–Trinajstić information content (AvgIpc) is 2.56. The van der Waals surface area contributed by atoms with E-state index in [4.69, 9.17) is 32.7 Å². The largest absolute Gasteiger partial charge is 0.486 e. The van der Waals surface area contributed by atoms with Gasteiger partial charge in [0, 0.05) is 25.4 Å². The summed E-state index contributed by atoms with van der Waals surface area (Å²) in [6, 6.07) is 6.76. The minimum Gasteiger partial charge on any atom is -0.486 e. The molecule has 3 rings (SSSR count). The van der Waals surface area contributed by atoms with Gasteiger partial charge < -0.3 is 14.4 Å². The number of hydrogen-bond donors (Lipinski definition) is 0. The highest BCUT2D eigenvalue weighted by Gasteiger charge is 2.21. The molecule has 1 aliphatic heterocycles. The van der Waals surface area contributed by atoms with Crippen molar-refractivity contribution >= 4 is 29.1 Å². The summed E-state index contributed by atoms with van der Waals surface area (Å²) in [5.74, 6) is 0.812. The van der Waals surface area contributed by atoms with Crippen LogP contribution < -0.4 is 9.47 Å². The van der Waals surface area contributed by atoms with Gasteiger partial charge in [-0.15, -0.1) is 0 Å². The first-order valence-corrected chi connectivity index (χ1v) is 7.75. The third-order valence-electron chi connectivity index (χ3n) is 3.40. The van der Waals surface area contributed by atoms with Crippen LogP contribution in [-0.4, -0.2) is 36.1 Å². The van der Waals surface area contributed by atoms with Gasteiger partial charge in [-0.05, 0) is 23.8 Å². The summed E-state index contributed by atoms with van der Waals surface area (Å²) in [5.41, 5.74) is 1.33. The standard InChI is InChI=1S/C16H14Cl2N2O3/c1-20(9-10-2-3-14(18)19-8-10)16(21)11-6-12(17)15-13(7-11)22-4-5-23-15/h2-3,6-8H,4-5,9H2,1H3. The monoisotopic (exact) mass is 352 g/mol. The molecular weight excluding hydrogens is 339 g/mol. The number of carbonyl (C=O) groups is 1. The van der Waals surface area contributed by atoms with Crippen molar-refractivity contribution in [1.29, 1.82) is 0 Å². The molecule has 2 heterocycles. The van der Waals surface area contributed by atoms with Crippen LogP contribution in [0.1, 0.15) is 15.9 Å². The molecule has 120 valence electrons. The van der Waals surface area contributed by atoms with E-state index in [2.05, 4.69) is 4.98 Å². The lowest BCUT2D eigenvalue weighted by molar-refractivity contribution is 0.0784. The molecule has 0 fully saturated rings. The average molecular weight is 353 g/mol. The number of rotatable bonds is 3. The molecule has 1 amide bonds. The van der Waals surface area contributed by atoms with Crippen molar-refractivity contribution in [3.05, 3.63) is 51.8 Å². The van der Waals surface area contributed by atoms with Gasteiger partial charge in [-0.1, -0.05) is 29.3 Å². The Morgan fingerprint density at radius 2 is 2.04 bits per heavy atom. The molecule has 1 aliphatic rings. The summed E-state index contributed by atoms with van der Waals surface area (Å²) in [6.45, 7) is 1.30. The number of halogens is 2. The minimum absolute atomic E-state index is 0.168. The Morgan fingerprint density at radius 3 is 2.78 bits per heavy atom. The smallest absolute Gasteiger partial charge is 0.254 e. The van der Waals surface area contributed by atoms with Crippen LogP contribution in [0, 0.1) is 0 Å². The Labute approximate surface area is 143 Å². The van der Waals surface area contributed by atoms with Crippen molar-refractivity contribution in [2.24, 2.45) is 0 Å². The van der Waals surface area contributed by atoms with Gasteiger partial charge in [-0.3, -0.25) is 4.79 Å². The van der Waals surface area contributed by atoms with Crippen molar-refractivity contribution in [3.8, 4) is 11.5 Å². The number of carbonyl (C=O) groups excluding carboxylic acids is 1. The van der Waals surface area contributed by atoms with Gasteiger partial charge in [0.1, 0.15) is 18.4 Å². The molecule has 0 saturated heterocycles. The van der Waals surface area contributed by atoms with Gasteiger partial charge in [0.2, 0.25) is 0 Å². The van der Waals surface area contributed by atoms with Gasteiger partial charge in [0.15, 0.2) is 11.5 Å². The van der Waals surface area contributed by atoms with Crippen LogP contribution in [0.5, 0.6) is 11.5 Å². The van der Waals surface area contributed by atoms with E-state index in [-0.39, 0.29) is 5.91 Å². The highest BCUT2D eigenvalue weighted by Crippen LogP contribution is 2.38. The number of pyridine rings is 1. The maximum Gasteiger partial charge on any atom is 0.254 e. The first-order valence-electron chi connectivity index (χ1n) is 6.99. The summed E-state index contributed by atoms with van der Waals surface area (Å²) in [5, 5.41) is 0.786. The molecule has 0 saturated carbocycles. The van der Waals surface area contributed by atoms with E-state index in [1.807, 2.05) is 6.07 Å². The number of fused-ring (bicyclic) bond motifs is 1. The van der Waals surface area contributed by atoms with E-state index >= 15 is 0 Å². The number of benzene rings is 1. The van der Waals surface area contributed by atoms with Gasteiger partial charge in [-0.25, -0.2) is 4.98 Å². The lowest BCUT2D eigenvalue weighted by Gasteiger charge is -2.22. The van der Waals surface area contributed by atoms with Crippen LogP contribution in [0.3, 0.4) is 0 Å². The first kappa shape index (κ1) is 15.9. The van der Waals surface area contributed by atoms with Crippen LogP contribution in [-0.2, 0) is 6.54 Å². The van der Waals surface area contributed by atoms with E-state index in [0.717, 1.165) is 5.56 Å². The Hall–Kier alpha value is -1.98. The maximum absolute atomic E-state index is 12.6. The maximum atomic E-state index is 12.6. The number of ether oxygens (including phenoxy) is 2. The quantitative estimate of drug-likeness (QED) is 0.794. The fraction of sp³-hybridized carbons (Fsp3) is 0.250. The number of nitrogens with zero attached hydrogens (tertiary/aromatic N) is 2. The summed E-state index contributed by atoms with van der Waals surface area (Å²) in [6.07, 6.45) is 1.64. The second-order valence-electron chi connectivity index (χ2n) is 5.13. The molecule has 0 N–H and O–H groups in total. The predicted octanol–water partition coefficient (Wildman–Crippen LogP) is 3.43. The summed E-state index contributed by atoms with van der Waals surface area (Å²) in [7, 11) is 1.71. The molecule has 23 heavy (non-hydrogen) atoms. The zero-order valence-electron chi connectivity index (χ0n) is 12.4. The molecule has 0 spiro atoms. The zero-order valence-corrected chi connectivity index (χ0v) is 13.9. The van der Waals surface area contributed by atoms with Gasteiger partial charge in [-0.2, -0.15) is 0 Å². The van der Waals surface area contributed by atoms with Crippen molar-refractivity contribution in [2.75, 3.05) is 20.3 Å². The van der Waals surface area contributed by atoms with Gasteiger partial charge in [0.05, 0.1) is 5.02 Å². The molecule has 0 atom stereocenters. The lowest BCUT2D eigenvalue weighted by Crippen LogP contribution is -2.26. The van der Waals surface area contributed by atoms with Gasteiger partial charge in [0.25, 0.3) is 5.91 Å². The van der Waals surface area contributed by atoms with Crippen molar-refractivity contribution in [2.45, 2.75) is 6.54 Å². The molecule has 7 heteroatoms. The van der Waals surface area contributed by atoms with Crippen LogP contribution >= 0.6 is 23.2 Å². The number of aromatic nitrogens is 1. The van der Waals surface area contributed by atoms with Crippen LogP contribution in [0.25, 0.3) is 0 Å². The summed E-state index contributed by atoms with van der Waals surface area (Å²) < 4.78 is 11.0.